The quantitative estimate of drug-likeness (QED) is 0.695. The highest BCUT2D eigenvalue weighted by molar-refractivity contribution is 5.86. The molecule has 2 atom stereocenters. The summed E-state index contributed by atoms with van der Waals surface area (Å²) in [7, 11) is 0. The van der Waals surface area contributed by atoms with Crippen molar-refractivity contribution in [2.45, 2.75) is 82.8 Å². The topological polar surface area (TPSA) is 45.0 Å². The van der Waals surface area contributed by atoms with E-state index in [1.54, 1.807) is 0 Å². The summed E-state index contributed by atoms with van der Waals surface area (Å²) in [6.07, 6.45) is 12.0. The van der Waals surface area contributed by atoms with Crippen molar-refractivity contribution in [1.29, 1.82) is 0 Å². The molecule has 0 aromatic heterocycles. The lowest BCUT2D eigenvalue weighted by molar-refractivity contribution is -0.130. The molecule has 4 heteroatoms. The lowest BCUT2D eigenvalue weighted by Crippen LogP contribution is -2.57. The van der Waals surface area contributed by atoms with Gasteiger partial charge in [-0.1, -0.05) is 39.0 Å². The molecule has 0 aromatic rings. The van der Waals surface area contributed by atoms with Crippen LogP contribution in [0.5, 0.6) is 0 Å². The number of hydrogen-bond acceptors (Lipinski definition) is 4. The SMILES string of the molecule is CCCCCCC1CCN([C@@]23CCC(N=N2)C(=O)C3)CC1. The predicted molar refractivity (Wildman–Crippen MR) is 83.3 cm³/mol. The van der Waals surface area contributed by atoms with Crippen LogP contribution in [-0.2, 0) is 4.79 Å². The molecule has 0 amide bonds. The van der Waals surface area contributed by atoms with Crippen LogP contribution < -0.4 is 0 Å². The molecular weight excluding hydrogens is 262 g/mol. The second-order valence-corrected chi connectivity index (χ2v) is 7.18. The Morgan fingerprint density at radius 3 is 2.62 bits per heavy atom. The van der Waals surface area contributed by atoms with Crippen molar-refractivity contribution in [2.24, 2.45) is 16.1 Å². The number of piperidine rings is 1. The number of likely N-dealkylation sites (tertiary alicyclic amines) is 1. The summed E-state index contributed by atoms with van der Waals surface area (Å²) >= 11 is 0. The van der Waals surface area contributed by atoms with Crippen LogP contribution in [0.15, 0.2) is 10.2 Å². The Balaban J connectivity index is 1.48. The summed E-state index contributed by atoms with van der Waals surface area (Å²) in [5.74, 6) is 1.21. The van der Waals surface area contributed by atoms with Gasteiger partial charge in [0.05, 0.1) is 0 Å². The van der Waals surface area contributed by atoms with Gasteiger partial charge in [0, 0.05) is 19.5 Å². The molecule has 0 aromatic carbocycles. The summed E-state index contributed by atoms with van der Waals surface area (Å²) < 4.78 is 0. The molecular formula is C17H29N3O. The van der Waals surface area contributed by atoms with Crippen LogP contribution in [-0.4, -0.2) is 35.5 Å². The third kappa shape index (κ3) is 3.20. The minimum Gasteiger partial charge on any atom is -0.297 e. The van der Waals surface area contributed by atoms with E-state index >= 15 is 0 Å². The molecule has 0 N–H and O–H groups in total. The summed E-state index contributed by atoms with van der Waals surface area (Å²) in [5.41, 5.74) is -0.251. The first-order valence-corrected chi connectivity index (χ1v) is 8.93. The Labute approximate surface area is 128 Å². The molecule has 21 heavy (non-hydrogen) atoms. The third-order valence-corrected chi connectivity index (χ3v) is 5.70. The highest BCUT2D eigenvalue weighted by atomic mass is 16.1. The van der Waals surface area contributed by atoms with Crippen LogP contribution in [0, 0.1) is 5.92 Å². The number of rotatable bonds is 6. The van der Waals surface area contributed by atoms with Gasteiger partial charge < -0.3 is 0 Å². The fraction of sp³-hybridized carbons (Fsp3) is 0.941. The Kier molecular flexibility index (Phi) is 4.72. The van der Waals surface area contributed by atoms with Crippen LogP contribution in [0.2, 0.25) is 0 Å². The van der Waals surface area contributed by atoms with E-state index < -0.39 is 0 Å². The molecule has 1 aliphatic carbocycles. The van der Waals surface area contributed by atoms with Crippen LogP contribution in [0.3, 0.4) is 0 Å². The van der Waals surface area contributed by atoms with Crippen molar-refractivity contribution in [3.63, 3.8) is 0 Å². The Morgan fingerprint density at radius 2 is 2.00 bits per heavy atom. The number of Topliss-reactive ketones (excluding diaryl/α,β-unsaturated/α-hetero) is 1. The third-order valence-electron chi connectivity index (χ3n) is 5.70. The predicted octanol–water partition coefficient (Wildman–Crippen LogP) is 3.95. The van der Waals surface area contributed by atoms with Crippen molar-refractivity contribution < 1.29 is 4.79 Å². The number of unbranched alkanes of at least 4 members (excludes halogenated alkanes) is 3. The average molecular weight is 291 g/mol. The maximum Gasteiger partial charge on any atom is 0.163 e. The number of hydrogen-bond donors (Lipinski definition) is 0. The van der Waals surface area contributed by atoms with Crippen LogP contribution in [0.25, 0.3) is 0 Å². The Bertz CT molecular complexity index is 401. The molecule has 2 bridgehead atoms. The zero-order valence-electron chi connectivity index (χ0n) is 13.4. The van der Waals surface area contributed by atoms with Gasteiger partial charge in [0.25, 0.3) is 0 Å². The highest BCUT2D eigenvalue weighted by Crippen LogP contribution is 2.41. The van der Waals surface area contributed by atoms with E-state index in [2.05, 4.69) is 22.1 Å². The molecule has 1 unspecified atom stereocenters. The number of nitrogens with zero attached hydrogens (tertiary/aromatic N) is 3. The van der Waals surface area contributed by atoms with Gasteiger partial charge in [0.1, 0.15) is 11.7 Å². The van der Waals surface area contributed by atoms with Crippen LogP contribution in [0.4, 0.5) is 0 Å². The largest absolute Gasteiger partial charge is 0.297 e. The maximum atomic E-state index is 12.0. The fourth-order valence-corrected chi connectivity index (χ4v) is 4.23. The Morgan fingerprint density at radius 1 is 1.19 bits per heavy atom. The van der Waals surface area contributed by atoms with E-state index in [9.17, 15) is 4.79 Å². The minimum atomic E-state index is -0.251. The lowest BCUT2D eigenvalue weighted by Gasteiger charge is -2.48. The smallest absolute Gasteiger partial charge is 0.163 e. The van der Waals surface area contributed by atoms with Crippen molar-refractivity contribution in [3.8, 4) is 0 Å². The van der Waals surface area contributed by atoms with Gasteiger partial charge in [-0.2, -0.15) is 10.2 Å². The van der Waals surface area contributed by atoms with E-state index in [-0.39, 0.29) is 11.7 Å². The van der Waals surface area contributed by atoms with Gasteiger partial charge in [-0.05, 0) is 31.6 Å². The number of carbonyl (C=O) groups is 1. The van der Waals surface area contributed by atoms with E-state index in [0.29, 0.717) is 12.2 Å². The van der Waals surface area contributed by atoms with Gasteiger partial charge in [-0.3, -0.25) is 9.69 Å². The molecule has 4 nitrogen and oxygen atoms in total. The zero-order chi connectivity index (χ0) is 14.7. The second kappa shape index (κ2) is 6.55. The molecule has 1 saturated heterocycles. The monoisotopic (exact) mass is 291 g/mol. The first-order chi connectivity index (χ1) is 10.2. The number of ketones is 1. The first kappa shape index (κ1) is 15.1. The number of carbonyl (C=O) groups excluding carboxylic acids is 1. The lowest BCUT2D eigenvalue weighted by atomic mass is 9.80. The molecule has 118 valence electrons. The first-order valence-electron chi connectivity index (χ1n) is 8.93. The van der Waals surface area contributed by atoms with Crippen LogP contribution >= 0.6 is 0 Å². The number of fused-ring (bicyclic) bond motifs is 2. The Hall–Kier alpha value is -0.770. The van der Waals surface area contributed by atoms with E-state index in [0.717, 1.165) is 31.8 Å². The van der Waals surface area contributed by atoms with Crippen molar-refractivity contribution in [3.05, 3.63) is 0 Å². The molecule has 1 saturated carbocycles. The van der Waals surface area contributed by atoms with Crippen LogP contribution in [0.1, 0.15) is 71.1 Å². The van der Waals surface area contributed by atoms with Crippen molar-refractivity contribution in [2.75, 3.05) is 13.1 Å². The summed E-state index contributed by atoms with van der Waals surface area (Å²) in [4.78, 5) is 14.5. The van der Waals surface area contributed by atoms with E-state index in [1.807, 2.05) is 0 Å². The molecule has 3 aliphatic heterocycles. The summed E-state index contributed by atoms with van der Waals surface area (Å²) in [6, 6.07) is -0.108. The standard InChI is InChI=1S/C17H29N3O/c1-2-3-4-5-6-14-8-11-20(12-9-14)17-10-7-15(18-19-17)16(21)13-17/h14-15H,2-13H2,1H3/t15?,17-/m1/s1. The van der Waals surface area contributed by atoms with Gasteiger partial charge in [-0.15, -0.1) is 0 Å². The van der Waals surface area contributed by atoms with Gasteiger partial charge >= 0.3 is 0 Å². The fourth-order valence-electron chi connectivity index (χ4n) is 4.23. The number of azo groups is 1. The van der Waals surface area contributed by atoms with E-state index in [1.165, 1.54) is 44.9 Å². The van der Waals surface area contributed by atoms with Crippen molar-refractivity contribution >= 4 is 5.78 Å². The van der Waals surface area contributed by atoms with Crippen molar-refractivity contribution in [1.82, 2.24) is 4.90 Å². The summed E-state index contributed by atoms with van der Waals surface area (Å²) in [6.45, 7) is 4.48. The van der Waals surface area contributed by atoms with E-state index in [4.69, 9.17) is 0 Å². The molecule has 3 heterocycles. The normalized spacial score (nSPS) is 33.8. The van der Waals surface area contributed by atoms with Gasteiger partial charge in [0.2, 0.25) is 0 Å². The van der Waals surface area contributed by atoms with Gasteiger partial charge in [0.15, 0.2) is 5.78 Å². The molecule has 0 spiro atoms. The maximum absolute atomic E-state index is 12.0. The second-order valence-electron chi connectivity index (χ2n) is 7.18. The molecule has 0 radical (unpaired) electrons. The van der Waals surface area contributed by atoms with Gasteiger partial charge in [-0.25, -0.2) is 0 Å². The highest BCUT2D eigenvalue weighted by Gasteiger charge is 2.48. The summed E-state index contributed by atoms with van der Waals surface area (Å²) in [5, 5.41) is 8.79. The molecule has 4 aliphatic rings. The zero-order valence-corrected chi connectivity index (χ0v) is 13.4. The molecule has 4 rings (SSSR count). The molecule has 2 fully saturated rings. The minimum absolute atomic E-state index is 0.108. The average Bonchev–Trinajstić information content (AvgIpc) is 2.53.